The molecule has 0 saturated heterocycles. The van der Waals surface area contributed by atoms with E-state index in [1.54, 1.807) is 5.38 Å². The highest BCUT2D eigenvalue weighted by Crippen LogP contribution is 2.28. The smallest absolute Gasteiger partial charge is 0.125 e. The van der Waals surface area contributed by atoms with Crippen LogP contribution in [0.3, 0.4) is 0 Å². The standard InChI is InChI=1S/C9H6ClFN2OS/c10-7-2-1-5(11)3-6(7)9(14)8-4-15-13-12-8/h1-4,9,14H. The van der Waals surface area contributed by atoms with E-state index in [-0.39, 0.29) is 0 Å². The van der Waals surface area contributed by atoms with Crippen LogP contribution in [0.5, 0.6) is 0 Å². The Hall–Kier alpha value is -1.04. The third kappa shape index (κ3) is 2.14. The van der Waals surface area contributed by atoms with Gasteiger partial charge in [0.25, 0.3) is 0 Å². The van der Waals surface area contributed by atoms with Gasteiger partial charge in [-0.15, -0.1) is 5.10 Å². The van der Waals surface area contributed by atoms with Crippen molar-refractivity contribution in [3.63, 3.8) is 0 Å². The fourth-order valence-corrected chi connectivity index (χ4v) is 1.87. The summed E-state index contributed by atoms with van der Waals surface area (Å²) in [6, 6.07) is 3.82. The zero-order valence-electron chi connectivity index (χ0n) is 7.39. The minimum atomic E-state index is -1.04. The predicted molar refractivity (Wildman–Crippen MR) is 55.4 cm³/mol. The number of halogens is 2. The van der Waals surface area contributed by atoms with E-state index < -0.39 is 11.9 Å². The molecule has 15 heavy (non-hydrogen) atoms. The first-order valence-corrected chi connectivity index (χ1v) is 5.30. The topological polar surface area (TPSA) is 46.0 Å². The molecule has 1 heterocycles. The van der Waals surface area contributed by atoms with Crippen molar-refractivity contribution in [3.05, 3.63) is 45.7 Å². The van der Waals surface area contributed by atoms with Crippen LogP contribution in [0, 0.1) is 5.82 Å². The van der Waals surface area contributed by atoms with Crippen LogP contribution in [0.2, 0.25) is 5.02 Å². The largest absolute Gasteiger partial charge is 0.382 e. The Bertz CT molecular complexity index is 463. The number of hydrogen-bond donors (Lipinski definition) is 1. The zero-order valence-corrected chi connectivity index (χ0v) is 8.96. The van der Waals surface area contributed by atoms with Gasteiger partial charge in [-0.05, 0) is 29.7 Å². The molecule has 0 radical (unpaired) electrons. The number of benzene rings is 1. The second-order valence-electron chi connectivity index (χ2n) is 2.90. The van der Waals surface area contributed by atoms with Crippen LogP contribution in [-0.4, -0.2) is 14.7 Å². The quantitative estimate of drug-likeness (QED) is 0.883. The highest BCUT2D eigenvalue weighted by atomic mass is 35.5. The van der Waals surface area contributed by atoms with Gasteiger partial charge >= 0.3 is 0 Å². The number of rotatable bonds is 2. The van der Waals surface area contributed by atoms with Crippen molar-refractivity contribution in [1.29, 1.82) is 0 Å². The van der Waals surface area contributed by atoms with Crippen molar-refractivity contribution < 1.29 is 9.50 Å². The molecule has 0 saturated carbocycles. The van der Waals surface area contributed by atoms with Crippen LogP contribution in [0.4, 0.5) is 4.39 Å². The van der Waals surface area contributed by atoms with Gasteiger partial charge in [0.05, 0.1) is 0 Å². The van der Waals surface area contributed by atoms with E-state index in [2.05, 4.69) is 9.59 Å². The number of nitrogens with zero attached hydrogens (tertiary/aromatic N) is 2. The van der Waals surface area contributed by atoms with E-state index in [0.717, 1.165) is 11.5 Å². The van der Waals surface area contributed by atoms with Crippen LogP contribution in [0.25, 0.3) is 0 Å². The summed E-state index contributed by atoms with van der Waals surface area (Å²) in [5, 5.41) is 15.4. The predicted octanol–water partition coefficient (Wildman–Crippen LogP) is 2.41. The fourth-order valence-electron chi connectivity index (χ4n) is 1.17. The lowest BCUT2D eigenvalue weighted by atomic mass is 10.1. The summed E-state index contributed by atoms with van der Waals surface area (Å²) in [6.07, 6.45) is -1.04. The molecule has 1 aromatic heterocycles. The highest BCUT2D eigenvalue weighted by molar-refractivity contribution is 7.03. The SMILES string of the molecule is OC(c1csnn1)c1cc(F)ccc1Cl. The Balaban J connectivity index is 2.41. The molecular formula is C9H6ClFN2OS. The van der Waals surface area contributed by atoms with Crippen molar-refractivity contribution in [1.82, 2.24) is 9.59 Å². The minimum Gasteiger partial charge on any atom is -0.382 e. The van der Waals surface area contributed by atoms with E-state index in [9.17, 15) is 9.50 Å². The van der Waals surface area contributed by atoms with Gasteiger partial charge in [-0.25, -0.2) is 4.39 Å². The normalized spacial score (nSPS) is 12.7. The maximum atomic E-state index is 12.9. The van der Waals surface area contributed by atoms with E-state index in [0.29, 0.717) is 16.3 Å². The lowest BCUT2D eigenvalue weighted by Gasteiger charge is -2.09. The molecule has 3 nitrogen and oxygen atoms in total. The Labute approximate surface area is 94.3 Å². The second-order valence-corrected chi connectivity index (χ2v) is 3.92. The molecule has 1 unspecified atom stereocenters. The average molecular weight is 245 g/mol. The molecule has 1 atom stereocenters. The van der Waals surface area contributed by atoms with Crippen molar-refractivity contribution in [3.8, 4) is 0 Å². The summed E-state index contributed by atoms with van der Waals surface area (Å²) in [5.41, 5.74) is 0.664. The molecule has 0 fully saturated rings. The molecule has 2 rings (SSSR count). The summed E-state index contributed by atoms with van der Waals surface area (Å²) in [5.74, 6) is -0.448. The first-order chi connectivity index (χ1) is 7.18. The molecule has 0 aliphatic carbocycles. The number of hydrogen-bond acceptors (Lipinski definition) is 4. The lowest BCUT2D eigenvalue weighted by Crippen LogP contribution is -2.01. The molecule has 6 heteroatoms. The minimum absolute atomic E-state index is 0.296. The maximum absolute atomic E-state index is 12.9. The summed E-state index contributed by atoms with van der Waals surface area (Å²) in [7, 11) is 0. The van der Waals surface area contributed by atoms with Gasteiger partial charge in [0, 0.05) is 16.0 Å². The third-order valence-corrected chi connectivity index (χ3v) is 2.78. The van der Waals surface area contributed by atoms with E-state index in [4.69, 9.17) is 11.6 Å². The van der Waals surface area contributed by atoms with Crippen molar-refractivity contribution in [2.24, 2.45) is 0 Å². The monoisotopic (exact) mass is 244 g/mol. The Morgan fingerprint density at radius 2 is 2.27 bits per heavy atom. The summed E-state index contributed by atoms with van der Waals surface area (Å²) >= 11 is 6.95. The molecule has 0 spiro atoms. The van der Waals surface area contributed by atoms with Gasteiger partial charge in [0.1, 0.15) is 17.6 Å². The molecule has 1 aromatic carbocycles. The summed E-state index contributed by atoms with van der Waals surface area (Å²) < 4.78 is 16.6. The van der Waals surface area contributed by atoms with Crippen molar-refractivity contribution in [2.45, 2.75) is 6.10 Å². The molecule has 0 bridgehead atoms. The van der Waals surface area contributed by atoms with E-state index >= 15 is 0 Å². The van der Waals surface area contributed by atoms with Gasteiger partial charge in [0.2, 0.25) is 0 Å². The molecule has 1 N–H and O–H groups in total. The van der Waals surface area contributed by atoms with Crippen LogP contribution in [0.15, 0.2) is 23.6 Å². The molecular weight excluding hydrogens is 239 g/mol. The van der Waals surface area contributed by atoms with Crippen LogP contribution in [0.1, 0.15) is 17.4 Å². The van der Waals surface area contributed by atoms with Gasteiger partial charge in [-0.3, -0.25) is 0 Å². The maximum Gasteiger partial charge on any atom is 0.125 e. The Kier molecular flexibility index (Phi) is 2.95. The van der Waals surface area contributed by atoms with Gasteiger partial charge < -0.3 is 5.11 Å². The molecule has 0 amide bonds. The molecule has 2 aromatic rings. The van der Waals surface area contributed by atoms with Crippen LogP contribution >= 0.6 is 23.1 Å². The first-order valence-electron chi connectivity index (χ1n) is 4.08. The lowest BCUT2D eigenvalue weighted by molar-refractivity contribution is 0.215. The third-order valence-electron chi connectivity index (χ3n) is 1.91. The number of aliphatic hydroxyl groups excluding tert-OH is 1. The molecule has 0 aliphatic heterocycles. The second kappa shape index (κ2) is 4.22. The van der Waals surface area contributed by atoms with Crippen molar-refractivity contribution in [2.75, 3.05) is 0 Å². The Morgan fingerprint density at radius 1 is 1.47 bits per heavy atom. The fraction of sp³-hybridized carbons (Fsp3) is 0.111. The van der Waals surface area contributed by atoms with Crippen LogP contribution in [-0.2, 0) is 0 Å². The Morgan fingerprint density at radius 3 is 2.93 bits per heavy atom. The molecule has 78 valence electrons. The van der Waals surface area contributed by atoms with E-state index in [1.807, 2.05) is 0 Å². The first kappa shape index (κ1) is 10.5. The van der Waals surface area contributed by atoms with Crippen LogP contribution < -0.4 is 0 Å². The molecule has 0 aliphatic rings. The number of aliphatic hydroxyl groups is 1. The zero-order chi connectivity index (χ0) is 10.8. The summed E-state index contributed by atoms with van der Waals surface area (Å²) in [6.45, 7) is 0. The average Bonchev–Trinajstić information content (AvgIpc) is 2.74. The van der Waals surface area contributed by atoms with Gasteiger partial charge in [-0.2, -0.15) is 0 Å². The number of aromatic nitrogens is 2. The summed E-state index contributed by atoms with van der Waals surface area (Å²) in [4.78, 5) is 0. The van der Waals surface area contributed by atoms with Gasteiger partial charge in [-0.1, -0.05) is 16.1 Å². The van der Waals surface area contributed by atoms with Gasteiger partial charge in [0.15, 0.2) is 0 Å². The van der Waals surface area contributed by atoms with E-state index in [1.165, 1.54) is 18.2 Å². The van der Waals surface area contributed by atoms with Crippen molar-refractivity contribution >= 4 is 23.1 Å². The highest BCUT2D eigenvalue weighted by Gasteiger charge is 2.16.